The molecule has 1 aliphatic carbocycles. The van der Waals surface area contributed by atoms with Crippen molar-refractivity contribution in [2.45, 2.75) is 77.8 Å². The van der Waals surface area contributed by atoms with Crippen LogP contribution in [0, 0.1) is 11.8 Å². The molecule has 21 heavy (non-hydrogen) atoms. The fraction of sp³-hybridized carbons (Fsp3) is 0.882. The van der Waals surface area contributed by atoms with Gasteiger partial charge in [0.25, 0.3) is 0 Å². The lowest BCUT2D eigenvalue weighted by Gasteiger charge is -2.41. The minimum Gasteiger partial charge on any atom is -0.342 e. The van der Waals surface area contributed by atoms with Crippen molar-refractivity contribution in [3.8, 4) is 0 Å². The first-order chi connectivity index (χ1) is 10.1. The standard InChI is InChI=1S/C17H30N2O2/c1-4-6-7-8-11-19-15(13-9-10-13)16(20)18-14(17(19)21)12(3)5-2/h12-15H,4-11H2,1-3H3,(H,18,20). The number of nitrogens with zero attached hydrogens (tertiary/aromatic N) is 1. The van der Waals surface area contributed by atoms with Crippen LogP contribution >= 0.6 is 0 Å². The molecule has 1 heterocycles. The summed E-state index contributed by atoms with van der Waals surface area (Å²) in [6.45, 7) is 7.06. The second kappa shape index (κ2) is 7.28. The molecule has 1 N–H and O–H groups in total. The van der Waals surface area contributed by atoms with E-state index < -0.39 is 0 Å². The largest absolute Gasteiger partial charge is 0.342 e. The fourth-order valence-electron chi connectivity index (χ4n) is 3.22. The summed E-state index contributed by atoms with van der Waals surface area (Å²) >= 11 is 0. The van der Waals surface area contributed by atoms with Gasteiger partial charge in [0.05, 0.1) is 0 Å². The zero-order chi connectivity index (χ0) is 15.4. The van der Waals surface area contributed by atoms with Crippen molar-refractivity contribution in [3.63, 3.8) is 0 Å². The van der Waals surface area contributed by atoms with Crippen LogP contribution in [0.1, 0.15) is 65.7 Å². The third-order valence-electron chi connectivity index (χ3n) is 4.99. The van der Waals surface area contributed by atoms with E-state index in [0.29, 0.717) is 5.92 Å². The van der Waals surface area contributed by atoms with Gasteiger partial charge in [0.2, 0.25) is 11.8 Å². The third kappa shape index (κ3) is 3.78. The van der Waals surface area contributed by atoms with Gasteiger partial charge < -0.3 is 10.2 Å². The zero-order valence-electron chi connectivity index (χ0n) is 13.7. The lowest BCUT2D eigenvalue weighted by Crippen LogP contribution is -2.65. The summed E-state index contributed by atoms with van der Waals surface area (Å²) in [5.74, 6) is 0.841. The summed E-state index contributed by atoms with van der Waals surface area (Å²) in [6, 6.07) is -0.511. The summed E-state index contributed by atoms with van der Waals surface area (Å²) in [5, 5.41) is 2.99. The highest BCUT2D eigenvalue weighted by Crippen LogP contribution is 2.37. The molecular weight excluding hydrogens is 264 g/mol. The van der Waals surface area contributed by atoms with E-state index in [4.69, 9.17) is 0 Å². The van der Waals surface area contributed by atoms with E-state index in [2.05, 4.69) is 26.1 Å². The van der Waals surface area contributed by atoms with Crippen LogP contribution in [0.25, 0.3) is 0 Å². The fourth-order valence-corrected chi connectivity index (χ4v) is 3.22. The van der Waals surface area contributed by atoms with Crippen LogP contribution in [-0.2, 0) is 9.59 Å². The molecule has 0 aromatic heterocycles. The normalized spacial score (nSPS) is 27.7. The van der Waals surface area contributed by atoms with E-state index in [-0.39, 0.29) is 29.8 Å². The number of unbranched alkanes of at least 4 members (excludes halogenated alkanes) is 3. The van der Waals surface area contributed by atoms with Crippen LogP contribution in [0.3, 0.4) is 0 Å². The molecule has 0 aromatic rings. The average Bonchev–Trinajstić information content (AvgIpc) is 3.30. The number of rotatable bonds is 8. The number of hydrogen-bond donors (Lipinski definition) is 1. The van der Waals surface area contributed by atoms with Crippen LogP contribution in [0.15, 0.2) is 0 Å². The molecular formula is C17H30N2O2. The second-order valence-corrected chi connectivity index (χ2v) is 6.75. The second-order valence-electron chi connectivity index (χ2n) is 6.75. The molecule has 120 valence electrons. The number of carbonyl (C=O) groups is 2. The Bertz CT molecular complexity index is 379. The predicted molar refractivity (Wildman–Crippen MR) is 83.8 cm³/mol. The molecule has 4 nitrogen and oxygen atoms in total. The molecule has 1 saturated heterocycles. The van der Waals surface area contributed by atoms with Crippen LogP contribution in [-0.4, -0.2) is 35.3 Å². The summed E-state index contributed by atoms with van der Waals surface area (Å²) in [7, 11) is 0. The Morgan fingerprint density at radius 2 is 1.90 bits per heavy atom. The van der Waals surface area contributed by atoms with Crippen molar-refractivity contribution in [1.82, 2.24) is 10.2 Å². The van der Waals surface area contributed by atoms with Crippen LogP contribution < -0.4 is 5.32 Å². The first-order valence-corrected chi connectivity index (χ1v) is 8.71. The van der Waals surface area contributed by atoms with Crippen molar-refractivity contribution >= 4 is 11.8 Å². The van der Waals surface area contributed by atoms with Gasteiger partial charge in [0.1, 0.15) is 12.1 Å². The molecule has 2 aliphatic rings. The Hall–Kier alpha value is -1.06. The third-order valence-corrected chi connectivity index (χ3v) is 4.99. The molecule has 2 fully saturated rings. The minimum absolute atomic E-state index is 0.0814. The molecule has 2 rings (SSSR count). The SMILES string of the molecule is CCCCCCN1C(=O)C(C(C)CC)NC(=O)C1C1CC1. The van der Waals surface area contributed by atoms with Gasteiger partial charge in [-0.15, -0.1) is 0 Å². The highest BCUT2D eigenvalue weighted by Gasteiger charge is 2.48. The number of piperazine rings is 1. The van der Waals surface area contributed by atoms with E-state index >= 15 is 0 Å². The molecule has 0 bridgehead atoms. The van der Waals surface area contributed by atoms with Gasteiger partial charge in [-0.25, -0.2) is 0 Å². The van der Waals surface area contributed by atoms with Gasteiger partial charge in [0.15, 0.2) is 0 Å². The van der Waals surface area contributed by atoms with E-state index in [1.54, 1.807) is 0 Å². The first-order valence-electron chi connectivity index (χ1n) is 8.71. The maximum Gasteiger partial charge on any atom is 0.246 e. The molecule has 0 radical (unpaired) electrons. The molecule has 4 heteroatoms. The molecule has 2 amide bonds. The Kier molecular flexibility index (Phi) is 5.65. The Labute approximate surface area is 128 Å². The predicted octanol–water partition coefficient (Wildman–Crippen LogP) is 2.72. The molecule has 1 aliphatic heterocycles. The topological polar surface area (TPSA) is 49.4 Å². The Morgan fingerprint density at radius 1 is 1.19 bits per heavy atom. The van der Waals surface area contributed by atoms with E-state index in [9.17, 15) is 9.59 Å². The van der Waals surface area contributed by atoms with Gasteiger partial charge >= 0.3 is 0 Å². The first kappa shape index (κ1) is 16.3. The molecule has 1 saturated carbocycles. The number of hydrogen-bond acceptors (Lipinski definition) is 2. The van der Waals surface area contributed by atoms with Crippen LogP contribution in [0.2, 0.25) is 0 Å². The molecule has 0 spiro atoms. The Morgan fingerprint density at radius 3 is 2.48 bits per heavy atom. The lowest BCUT2D eigenvalue weighted by atomic mass is 9.92. The lowest BCUT2D eigenvalue weighted by molar-refractivity contribution is -0.151. The maximum absolute atomic E-state index is 12.8. The summed E-state index contributed by atoms with van der Waals surface area (Å²) in [5.41, 5.74) is 0. The van der Waals surface area contributed by atoms with Gasteiger partial charge in [-0.3, -0.25) is 9.59 Å². The minimum atomic E-state index is -0.316. The zero-order valence-corrected chi connectivity index (χ0v) is 13.7. The number of amides is 2. The average molecular weight is 294 g/mol. The van der Waals surface area contributed by atoms with Gasteiger partial charge in [0, 0.05) is 6.54 Å². The van der Waals surface area contributed by atoms with Crippen molar-refractivity contribution in [2.24, 2.45) is 11.8 Å². The number of nitrogens with one attached hydrogen (secondary N) is 1. The van der Waals surface area contributed by atoms with E-state index in [1.165, 1.54) is 12.8 Å². The molecule has 3 atom stereocenters. The summed E-state index contributed by atoms with van der Waals surface area (Å²) in [4.78, 5) is 27.1. The van der Waals surface area contributed by atoms with Crippen molar-refractivity contribution in [1.29, 1.82) is 0 Å². The highest BCUT2D eigenvalue weighted by molar-refractivity contribution is 5.97. The van der Waals surface area contributed by atoms with E-state index in [0.717, 1.165) is 38.6 Å². The maximum atomic E-state index is 12.8. The van der Waals surface area contributed by atoms with Gasteiger partial charge in [-0.2, -0.15) is 0 Å². The van der Waals surface area contributed by atoms with Crippen molar-refractivity contribution in [3.05, 3.63) is 0 Å². The quantitative estimate of drug-likeness (QED) is 0.700. The summed E-state index contributed by atoms with van der Waals surface area (Å²) in [6.07, 6.45) is 7.65. The van der Waals surface area contributed by atoms with Gasteiger partial charge in [-0.1, -0.05) is 46.5 Å². The van der Waals surface area contributed by atoms with Crippen LogP contribution in [0.4, 0.5) is 0 Å². The van der Waals surface area contributed by atoms with E-state index in [1.807, 2.05) is 4.90 Å². The molecule has 0 aromatic carbocycles. The highest BCUT2D eigenvalue weighted by atomic mass is 16.2. The van der Waals surface area contributed by atoms with Gasteiger partial charge in [-0.05, 0) is 31.1 Å². The molecule has 3 unspecified atom stereocenters. The summed E-state index contributed by atoms with van der Waals surface area (Å²) < 4.78 is 0. The monoisotopic (exact) mass is 294 g/mol. The van der Waals surface area contributed by atoms with Crippen molar-refractivity contribution in [2.75, 3.05) is 6.54 Å². The Balaban J connectivity index is 2.05. The number of carbonyl (C=O) groups excluding carboxylic acids is 2. The van der Waals surface area contributed by atoms with Crippen molar-refractivity contribution < 1.29 is 9.59 Å². The smallest absolute Gasteiger partial charge is 0.246 e. The van der Waals surface area contributed by atoms with Crippen LogP contribution in [0.5, 0.6) is 0 Å².